The van der Waals surface area contributed by atoms with Crippen molar-refractivity contribution in [1.82, 2.24) is 0 Å². The van der Waals surface area contributed by atoms with E-state index in [0.29, 0.717) is 6.42 Å². The number of aliphatic hydroxyl groups excluding tert-OH is 2. The predicted molar refractivity (Wildman–Crippen MR) is 68.9 cm³/mol. The van der Waals surface area contributed by atoms with Crippen molar-refractivity contribution in [2.75, 3.05) is 18.5 Å². The minimum absolute atomic E-state index is 0.142. The molecule has 1 aromatic rings. The van der Waals surface area contributed by atoms with E-state index in [1.54, 1.807) is 6.92 Å². The summed E-state index contributed by atoms with van der Waals surface area (Å²) in [6, 6.07) is 1.75. The van der Waals surface area contributed by atoms with Crippen LogP contribution in [0.1, 0.15) is 13.3 Å². The van der Waals surface area contributed by atoms with Crippen LogP contribution in [-0.4, -0.2) is 33.9 Å². The van der Waals surface area contributed by atoms with Crippen LogP contribution < -0.4 is 5.32 Å². The first-order valence-electron chi connectivity index (χ1n) is 5.52. The smallest absolute Gasteiger partial charge is 0.294 e. The molecule has 0 aliphatic heterocycles. The molecular formula is C11H14ClFN2O4. The number of nitro benzene ring substituents is 1. The van der Waals surface area contributed by atoms with Gasteiger partial charge in [-0.1, -0.05) is 18.5 Å². The SMILES string of the molecule is CCC(CO)(CO)Nc1cc(F)c(Cl)cc1[N+](=O)[O-]. The van der Waals surface area contributed by atoms with Crippen LogP contribution in [0.3, 0.4) is 0 Å². The largest absolute Gasteiger partial charge is 0.394 e. The van der Waals surface area contributed by atoms with Crippen LogP contribution in [0.5, 0.6) is 0 Å². The van der Waals surface area contributed by atoms with Crippen LogP contribution in [0.25, 0.3) is 0 Å². The van der Waals surface area contributed by atoms with Crippen molar-refractivity contribution >= 4 is 23.0 Å². The summed E-state index contributed by atoms with van der Waals surface area (Å²) in [5.41, 5.74) is -1.73. The Hall–Kier alpha value is -1.44. The lowest BCUT2D eigenvalue weighted by atomic mass is 9.97. The topological polar surface area (TPSA) is 95.6 Å². The molecule has 0 unspecified atom stereocenters. The van der Waals surface area contributed by atoms with Gasteiger partial charge in [0.2, 0.25) is 0 Å². The molecule has 6 nitrogen and oxygen atoms in total. The summed E-state index contributed by atoms with van der Waals surface area (Å²) in [6.45, 7) is 0.764. The summed E-state index contributed by atoms with van der Waals surface area (Å²) in [7, 11) is 0. The normalized spacial score (nSPS) is 11.4. The number of hydrogen-bond donors (Lipinski definition) is 3. The Bertz CT molecular complexity index is 472. The van der Waals surface area contributed by atoms with Crippen molar-refractivity contribution in [3.8, 4) is 0 Å². The fraction of sp³-hybridized carbons (Fsp3) is 0.455. The third kappa shape index (κ3) is 3.31. The second-order valence-corrected chi connectivity index (χ2v) is 4.52. The molecule has 0 saturated carbocycles. The Balaban J connectivity index is 3.26. The Labute approximate surface area is 114 Å². The highest BCUT2D eigenvalue weighted by atomic mass is 35.5. The molecule has 1 rings (SSSR count). The number of rotatable bonds is 6. The first kappa shape index (κ1) is 15.6. The molecule has 8 heteroatoms. The van der Waals surface area contributed by atoms with Crippen LogP contribution in [0.2, 0.25) is 5.02 Å². The van der Waals surface area contributed by atoms with Crippen LogP contribution in [0, 0.1) is 15.9 Å². The number of hydrogen-bond acceptors (Lipinski definition) is 5. The maximum absolute atomic E-state index is 13.4. The molecule has 0 heterocycles. The van der Waals surface area contributed by atoms with Gasteiger partial charge in [-0.3, -0.25) is 10.1 Å². The standard InChI is InChI=1S/C11H14ClFN2O4/c1-2-11(5-16,6-17)14-9-4-8(13)7(12)3-10(9)15(18)19/h3-4,14,16-17H,2,5-6H2,1H3. The fourth-order valence-corrected chi connectivity index (χ4v) is 1.67. The van der Waals surface area contributed by atoms with Gasteiger partial charge in [-0.2, -0.15) is 0 Å². The van der Waals surface area contributed by atoms with Crippen molar-refractivity contribution in [1.29, 1.82) is 0 Å². The highest BCUT2D eigenvalue weighted by molar-refractivity contribution is 6.31. The van der Waals surface area contributed by atoms with Crippen LogP contribution in [0.4, 0.5) is 15.8 Å². The highest BCUT2D eigenvalue weighted by Gasteiger charge is 2.30. The molecule has 0 aliphatic rings. The van der Waals surface area contributed by atoms with Crippen LogP contribution in [-0.2, 0) is 0 Å². The monoisotopic (exact) mass is 292 g/mol. The lowest BCUT2D eigenvalue weighted by Gasteiger charge is -2.30. The molecule has 0 radical (unpaired) electrons. The average Bonchev–Trinajstić information content (AvgIpc) is 2.39. The van der Waals surface area contributed by atoms with Gasteiger partial charge in [0.1, 0.15) is 11.5 Å². The molecule has 0 aromatic heterocycles. The molecule has 0 spiro atoms. The lowest BCUT2D eigenvalue weighted by Crippen LogP contribution is -2.45. The number of aliphatic hydroxyl groups is 2. The van der Waals surface area contributed by atoms with E-state index in [1.165, 1.54) is 0 Å². The number of nitrogens with zero attached hydrogens (tertiary/aromatic N) is 1. The van der Waals surface area contributed by atoms with Crippen molar-refractivity contribution in [3.05, 3.63) is 33.1 Å². The molecule has 0 fully saturated rings. The summed E-state index contributed by atoms with van der Waals surface area (Å²) in [5, 5.41) is 31.7. The maximum Gasteiger partial charge on any atom is 0.294 e. The van der Waals surface area contributed by atoms with Gasteiger partial charge in [0, 0.05) is 12.1 Å². The van der Waals surface area contributed by atoms with Crippen molar-refractivity contribution in [3.63, 3.8) is 0 Å². The number of halogens is 2. The van der Waals surface area contributed by atoms with Crippen LogP contribution >= 0.6 is 11.6 Å². The second kappa shape index (κ2) is 6.14. The summed E-state index contributed by atoms with van der Waals surface area (Å²) < 4.78 is 13.4. The maximum atomic E-state index is 13.4. The van der Waals surface area contributed by atoms with E-state index in [1.807, 2.05) is 0 Å². The average molecular weight is 293 g/mol. The third-order valence-corrected chi connectivity index (χ3v) is 3.21. The summed E-state index contributed by atoms with van der Waals surface area (Å²) >= 11 is 5.50. The summed E-state index contributed by atoms with van der Waals surface area (Å²) in [6.07, 6.45) is 0.293. The van der Waals surface area contributed by atoms with E-state index >= 15 is 0 Å². The Morgan fingerprint density at radius 1 is 1.47 bits per heavy atom. The molecule has 0 atom stereocenters. The molecule has 106 valence electrons. The summed E-state index contributed by atoms with van der Waals surface area (Å²) in [4.78, 5) is 10.2. The van der Waals surface area contributed by atoms with E-state index in [4.69, 9.17) is 11.6 Å². The minimum Gasteiger partial charge on any atom is -0.394 e. The van der Waals surface area contributed by atoms with Crippen molar-refractivity contribution in [2.24, 2.45) is 0 Å². The van der Waals surface area contributed by atoms with E-state index in [-0.39, 0.29) is 10.7 Å². The molecule has 1 aromatic carbocycles. The number of nitrogens with one attached hydrogen (secondary N) is 1. The van der Waals surface area contributed by atoms with Gasteiger partial charge in [0.25, 0.3) is 5.69 Å². The first-order chi connectivity index (χ1) is 8.89. The molecule has 0 saturated heterocycles. The fourth-order valence-electron chi connectivity index (χ4n) is 1.51. The zero-order valence-corrected chi connectivity index (χ0v) is 10.9. The molecule has 0 amide bonds. The summed E-state index contributed by atoms with van der Waals surface area (Å²) in [5.74, 6) is -0.823. The van der Waals surface area contributed by atoms with E-state index in [0.717, 1.165) is 12.1 Å². The molecular weight excluding hydrogens is 279 g/mol. The Morgan fingerprint density at radius 2 is 2.05 bits per heavy atom. The predicted octanol–water partition coefficient (Wildman–Crippen LogP) is 1.93. The van der Waals surface area contributed by atoms with Gasteiger partial charge in [0.15, 0.2) is 0 Å². The molecule has 0 bridgehead atoms. The zero-order chi connectivity index (χ0) is 14.6. The quantitative estimate of drug-likeness (QED) is 0.550. The van der Waals surface area contributed by atoms with Gasteiger partial charge in [-0.25, -0.2) is 4.39 Å². The number of nitro groups is 1. The van der Waals surface area contributed by atoms with Gasteiger partial charge < -0.3 is 15.5 Å². The Morgan fingerprint density at radius 3 is 2.47 bits per heavy atom. The van der Waals surface area contributed by atoms with E-state index in [2.05, 4.69) is 5.32 Å². The molecule has 19 heavy (non-hydrogen) atoms. The van der Waals surface area contributed by atoms with Gasteiger partial charge in [-0.15, -0.1) is 0 Å². The zero-order valence-electron chi connectivity index (χ0n) is 10.2. The molecule has 3 N–H and O–H groups in total. The Kier molecular flexibility index (Phi) is 5.04. The van der Waals surface area contributed by atoms with E-state index in [9.17, 15) is 24.7 Å². The lowest BCUT2D eigenvalue weighted by molar-refractivity contribution is -0.384. The first-order valence-corrected chi connectivity index (χ1v) is 5.90. The third-order valence-electron chi connectivity index (χ3n) is 2.92. The number of benzene rings is 1. The van der Waals surface area contributed by atoms with Gasteiger partial charge >= 0.3 is 0 Å². The van der Waals surface area contributed by atoms with Crippen LogP contribution in [0.15, 0.2) is 12.1 Å². The number of anilines is 1. The van der Waals surface area contributed by atoms with Crippen molar-refractivity contribution < 1.29 is 19.5 Å². The molecule has 0 aliphatic carbocycles. The van der Waals surface area contributed by atoms with Gasteiger partial charge in [0.05, 0.1) is 28.7 Å². The highest BCUT2D eigenvalue weighted by Crippen LogP contribution is 2.32. The van der Waals surface area contributed by atoms with Crippen molar-refractivity contribution in [2.45, 2.75) is 18.9 Å². The van der Waals surface area contributed by atoms with E-state index < -0.39 is 35.2 Å². The van der Waals surface area contributed by atoms with Gasteiger partial charge in [-0.05, 0) is 6.42 Å². The minimum atomic E-state index is -1.16. The second-order valence-electron chi connectivity index (χ2n) is 4.12.